The SMILES string of the molecule is CC(Nc1c(F)cc(N)cc1F)c1ccncc1. The maximum atomic E-state index is 13.6. The molecule has 0 bridgehead atoms. The van der Waals surface area contributed by atoms with E-state index in [1.165, 1.54) is 0 Å². The van der Waals surface area contributed by atoms with Gasteiger partial charge in [-0.15, -0.1) is 0 Å². The molecule has 1 heterocycles. The van der Waals surface area contributed by atoms with Gasteiger partial charge in [-0.1, -0.05) is 0 Å². The van der Waals surface area contributed by atoms with Gasteiger partial charge in [-0.2, -0.15) is 0 Å². The number of halogens is 2. The summed E-state index contributed by atoms with van der Waals surface area (Å²) in [4.78, 5) is 3.89. The maximum absolute atomic E-state index is 13.6. The van der Waals surface area contributed by atoms with Gasteiger partial charge in [-0.05, 0) is 36.8 Å². The van der Waals surface area contributed by atoms with Crippen molar-refractivity contribution in [1.82, 2.24) is 4.98 Å². The second-order valence-electron chi connectivity index (χ2n) is 4.01. The van der Waals surface area contributed by atoms with E-state index in [2.05, 4.69) is 10.3 Å². The summed E-state index contributed by atoms with van der Waals surface area (Å²) >= 11 is 0. The van der Waals surface area contributed by atoms with Crippen LogP contribution in [-0.2, 0) is 0 Å². The smallest absolute Gasteiger partial charge is 0.151 e. The Morgan fingerprint density at radius 1 is 1.17 bits per heavy atom. The first kappa shape index (κ1) is 12.3. The lowest BCUT2D eigenvalue weighted by Crippen LogP contribution is -2.10. The molecule has 3 nitrogen and oxygen atoms in total. The number of rotatable bonds is 3. The molecule has 0 aliphatic rings. The van der Waals surface area contributed by atoms with E-state index >= 15 is 0 Å². The number of hydrogen-bond acceptors (Lipinski definition) is 3. The number of hydrogen-bond donors (Lipinski definition) is 2. The Balaban J connectivity index is 2.25. The number of nitrogens with one attached hydrogen (secondary N) is 1. The molecular formula is C13H13F2N3. The molecule has 3 N–H and O–H groups in total. The highest BCUT2D eigenvalue weighted by Gasteiger charge is 2.13. The summed E-state index contributed by atoms with van der Waals surface area (Å²) in [5.74, 6) is -1.40. The molecule has 0 saturated heterocycles. The van der Waals surface area contributed by atoms with Crippen LogP contribution >= 0.6 is 0 Å². The normalized spacial score (nSPS) is 12.2. The molecule has 1 unspecified atom stereocenters. The average Bonchev–Trinajstić information content (AvgIpc) is 2.34. The van der Waals surface area contributed by atoms with E-state index in [-0.39, 0.29) is 17.4 Å². The van der Waals surface area contributed by atoms with Crippen LogP contribution in [0.3, 0.4) is 0 Å². The van der Waals surface area contributed by atoms with Gasteiger partial charge in [0, 0.05) is 24.1 Å². The molecule has 1 aromatic heterocycles. The lowest BCUT2D eigenvalue weighted by atomic mass is 10.1. The van der Waals surface area contributed by atoms with Crippen molar-refractivity contribution in [1.29, 1.82) is 0 Å². The second kappa shape index (κ2) is 5.00. The first-order chi connectivity index (χ1) is 8.58. The number of pyridine rings is 1. The Kier molecular flexibility index (Phi) is 3.41. The van der Waals surface area contributed by atoms with Gasteiger partial charge in [-0.3, -0.25) is 4.98 Å². The monoisotopic (exact) mass is 249 g/mol. The van der Waals surface area contributed by atoms with Crippen molar-refractivity contribution in [3.63, 3.8) is 0 Å². The molecule has 1 atom stereocenters. The summed E-state index contributed by atoms with van der Waals surface area (Å²) < 4.78 is 27.2. The third-order valence-electron chi connectivity index (χ3n) is 2.63. The van der Waals surface area contributed by atoms with Gasteiger partial charge in [0.2, 0.25) is 0 Å². The van der Waals surface area contributed by atoms with Crippen LogP contribution < -0.4 is 11.1 Å². The summed E-state index contributed by atoms with van der Waals surface area (Å²) in [6.07, 6.45) is 3.26. The highest BCUT2D eigenvalue weighted by Crippen LogP contribution is 2.26. The molecule has 2 rings (SSSR count). The predicted molar refractivity (Wildman–Crippen MR) is 67.0 cm³/mol. The summed E-state index contributed by atoms with van der Waals surface area (Å²) in [6, 6.07) is 5.51. The number of benzene rings is 1. The van der Waals surface area contributed by atoms with Gasteiger partial charge in [0.05, 0.1) is 0 Å². The first-order valence-corrected chi connectivity index (χ1v) is 5.49. The fourth-order valence-electron chi connectivity index (χ4n) is 1.68. The van der Waals surface area contributed by atoms with E-state index in [1.54, 1.807) is 24.5 Å². The standard InChI is InChI=1S/C13H13F2N3/c1-8(9-2-4-17-5-3-9)18-13-11(14)6-10(16)7-12(13)15/h2-8,18H,16H2,1H3. The van der Waals surface area contributed by atoms with Gasteiger partial charge in [0.25, 0.3) is 0 Å². The Hall–Kier alpha value is -2.17. The quantitative estimate of drug-likeness (QED) is 0.822. The number of anilines is 2. The molecule has 0 fully saturated rings. The molecular weight excluding hydrogens is 236 g/mol. The molecule has 2 aromatic rings. The fraction of sp³-hybridized carbons (Fsp3) is 0.154. The second-order valence-corrected chi connectivity index (χ2v) is 4.01. The average molecular weight is 249 g/mol. The summed E-state index contributed by atoms with van der Waals surface area (Å²) in [6.45, 7) is 1.81. The molecule has 0 saturated carbocycles. The molecule has 0 radical (unpaired) electrons. The van der Waals surface area contributed by atoms with Gasteiger partial charge in [0.15, 0.2) is 11.6 Å². The van der Waals surface area contributed by atoms with Crippen LogP contribution in [-0.4, -0.2) is 4.98 Å². The Morgan fingerprint density at radius 3 is 2.28 bits per heavy atom. The van der Waals surface area contributed by atoms with Crippen LogP contribution in [0, 0.1) is 11.6 Å². The first-order valence-electron chi connectivity index (χ1n) is 5.49. The lowest BCUT2D eigenvalue weighted by Gasteiger charge is -2.16. The highest BCUT2D eigenvalue weighted by atomic mass is 19.1. The van der Waals surface area contributed by atoms with E-state index in [9.17, 15) is 8.78 Å². The summed E-state index contributed by atoms with van der Waals surface area (Å²) in [5.41, 5.74) is 6.13. The molecule has 0 aliphatic carbocycles. The molecule has 0 spiro atoms. The van der Waals surface area contributed by atoms with Crippen molar-refractivity contribution in [2.45, 2.75) is 13.0 Å². The largest absolute Gasteiger partial charge is 0.399 e. The third kappa shape index (κ3) is 2.56. The topological polar surface area (TPSA) is 50.9 Å². The number of aromatic nitrogens is 1. The van der Waals surface area contributed by atoms with Crippen molar-refractivity contribution in [3.8, 4) is 0 Å². The van der Waals surface area contributed by atoms with Crippen molar-refractivity contribution < 1.29 is 8.78 Å². The van der Waals surface area contributed by atoms with Crippen LogP contribution in [0.1, 0.15) is 18.5 Å². The molecule has 0 amide bonds. The minimum atomic E-state index is -0.701. The molecule has 94 valence electrons. The molecule has 5 heteroatoms. The van der Waals surface area contributed by atoms with Crippen LogP contribution in [0.25, 0.3) is 0 Å². The zero-order chi connectivity index (χ0) is 13.1. The van der Waals surface area contributed by atoms with Crippen molar-refractivity contribution in [3.05, 3.63) is 53.9 Å². The van der Waals surface area contributed by atoms with Crippen LogP contribution in [0.4, 0.5) is 20.2 Å². The number of nitrogens with two attached hydrogens (primary N) is 1. The van der Waals surface area contributed by atoms with Gasteiger partial charge in [-0.25, -0.2) is 8.78 Å². The lowest BCUT2D eigenvalue weighted by molar-refractivity contribution is 0.585. The van der Waals surface area contributed by atoms with Crippen LogP contribution in [0.15, 0.2) is 36.7 Å². The Morgan fingerprint density at radius 2 is 1.72 bits per heavy atom. The van der Waals surface area contributed by atoms with Crippen molar-refractivity contribution in [2.75, 3.05) is 11.1 Å². The van der Waals surface area contributed by atoms with Gasteiger partial charge < -0.3 is 11.1 Å². The van der Waals surface area contributed by atoms with Crippen molar-refractivity contribution >= 4 is 11.4 Å². The summed E-state index contributed by atoms with van der Waals surface area (Å²) in [5, 5.41) is 2.79. The fourth-order valence-corrected chi connectivity index (χ4v) is 1.68. The van der Waals surface area contributed by atoms with E-state index in [0.29, 0.717) is 0 Å². The third-order valence-corrected chi connectivity index (χ3v) is 2.63. The summed E-state index contributed by atoms with van der Waals surface area (Å²) in [7, 11) is 0. The Bertz CT molecular complexity index is 520. The molecule has 0 aliphatic heterocycles. The van der Waals surface area contributed by atoms with E-state index in [4.69, 9.17) is 5.73 Å². The van der Waals surface area contributed by atoms with E-state index in [0.717, 1.165) is 17.7 Å². The van der Waals surface area contributed by atoms with Crippen molar-refractivity contribution in [2.24, 2.45) is 0 Å². The van der Waals surface area contributed by atoms with Crippen LogP contribution in [0.2, 0.25) is 0 Å². The van der Waals surface area contributed by atoms with Crippen LogP contribution in [0.5, 0.6) is 0 Å². The molecule has 1 aromatic carbocycles. The maximum Gasteiger partial charge on any atom is 0.151 e. The Labute approximate surface area is 104 Å². The number of nitrogens with zero attached hydrogens (tertiary/aromatic N) is 1. The zero-order valence-corrected chi connectivity index (χ0v) is 9.82. The number of nitrogen functional groups attached to an aromatic ring is 1. The van der Waals surface area contributed by atoms with Gasteiger partial charge >= 0.3 is 0 Å². The van der Waals surface area contributed by atoms with E-state index in [1.807, 2.05) is 6.92 Å². The predicted octanol–water partition coefficient (Wildman–Crippen LogP) is 3.12. The molecule has 18 heavy (non-hydrogen) atoms. The minimum absolute atomic E-state index is 0.0621. The van der Waals surface area contributed by atoms with Gasteiger partial charge in [0.1, 0.15) is 5.69 Å². The zero-order valence-electron chi connectivity index (χ0n) is 9.82. The highest BCUT2D eigenvalue weighted by molar-refractivity contribution is 5.55. The minimum Gasteiger partial charge on any atom is -0.399 e. The van der Waals surface area contributed by atoms with E-state index < -0.39 is 11.6 Å².